The molecule has 27 heavy (non-hydrogen) atoms. The summed E-state index contributed by atoms with van der Waals surface area (Å²) in [5.41, 5.74) is 1.15. The quantitative estimate of drug-likeness (QED) is 0.566. The van der Waals surface area contributed by atoms with Gasteiger partial charge in [0.15, 0.2) is 11.2 Å². The second-order valence-electron chi connectivity index (χ2n) is 6.63. The highest BCUT2D eigenvalue weighted by Crippen LogP contribution is 2.17. The van der Waals surface area contributed by atoms with Gasteiger partial charge in [0.05, 0.1) is 6.33 Å². The molecule has 8 nitrogen and oxygen atoms in total. The van der Waals surface area contributed by atoms with Crippen molar-refractivity contribution in [1.82, 2.24) is 28.7 Å². The van der Waals surface area contributed by atoms with E-state index >= 15 is 0 Å². The van der Waals surface area contributed by atoms with Crippen LogP contribution in [0.5, 0.6) is 0 Å². The Morgan fingerprint density at radius 3 is 2.48 bits per heavy atom. The van der Waals surface area contributed by atoms with Crippen LogP contribution in [0.2, 0.25) is 5.28 Å². The number of aromatic amines is 1. The van der Waals surface area contributed by atoms with Gasteiger partial charge in [-0.15, -0.1) is 0 Å². The summed E-state index contributed by atoms with van der Waals surface area (Å²) >= 11 is 6.28. The molecule has 3 aromatic rings. The molecular weight excluding hydrogens is 368 g/mol. The molecule has 0 aliphatic heterocycles. The van der Waals surface area contributed by atoms with E-state index in [-0.39, 0.29) is 16.5 Å². The molecule has 0 radical (unpaired) electrons. The third-order valence-corrected chi connectivity index (χ3v) is 4.92. The molecule has 0 aliphatic rings. The van der Waals surface area contributed by atoms with E-state index in [1.807, 2.05) is 6.92 Å². The van der Waals surface area contributed by atoms with Gasteiger partial charge in [0.2, 0.25) is 5.28 Å². The van der Waals surface area contributed by atoms with Gasteiger partial charge >= 0.3 is 5.69 Å². The lowest BCUT2D eigenvalue weighted by Crippen LogP contribution is -2.41. The number of nitrogens with zero attached hydrogens (tertiary/aromatic N) is 5. The molecular formula is C18H25ClN6O2. The molecule has 0 bridgehead atoms. The summed E-state index contributed by atoms with van der Waals surface area (Å²) in [6, 6.07) is 0. The average molecular weight is 393 g/mol. The highest BCUT2D eigenvalue weighted by molar-refractivity contribution is 6.29. The van der Waals surface area contributed by atoms with Crippen molar-refractivity contribution in [2.45, 2.75) is 65.6 Å². The number of aromatic nitrogens is 6. The zero-order valence-corrected chi connectivity index (χ0v) is 16.5. The van der Waals surface area contributed by atoms with E-state index in [0.717, 1.165) is 25.0 Å². The Kier molecular flexibility index (Phi) is 6.15. The Morgan fingerprint density at radius 1 is 1.04 bits per heavy atom. The Hall–Kier alpha value is -2.35. The Labute approximate surface area is 161 Å². The van der Waals surface area contributed by atoms with Crippen LogP contribution in [0.3, 0.4) is 0 Å². The predicted molar refractivity (Wildman–Crippen MR) is 105 cm³/mol. The van der Waals surface area contributed by atoms with Gasteiger partial charge in [-0.05, 0) is 37.3 Å². The molecule has 3 aromatic heterocycles. The summed E-state index contributed by atoms with van der Waals surface area (Å²) in [5.74, 6) is 0. The van der Waals surface area contributed by atoms with Gasteiger partial charge in [-0.2, -0.15) is 4.98 Å². The van der Waals surface area contributed by atoms with Crippen LogP contribution in [0.15, 0.2) is 22.1 Å². The van der Waals surface area contributed by atoms with Gasteiger partial charge in [0.25, 0.3) is 5.56 Å². The number of unbranched alkanes of at least 4 members (excludes halogenated alkanes) is 1. The zero-order chi connectivity index (χ0) is 19.4. The fourth-order valence-corrected chi connectivity index (χ4v) is 3.50. The minimum atomic E-state index is -0.319. The first-order valence-corrected chi connectivity index (χ1v) is 9.82. The molecule has 0 saturated carbocycles. The lowest BCUT2D eigenvalue weighted by Gasteiger charge is -2.12. The summed E-state index contributed by atoms with van der Waals surface area (Å²) in [6.45, 7) is 5.52. The summed E-state index contributed by atoms with van der Waals surface area (Å²) in [6.07, 6.45) is 7.34. The maximum absolute atomic E-state index is 13.1. The largest absolute Gasteiger partial charge is 0.348 e. The van der Waals surface area contributed by atoms with Crippen LogP contribution in [-0.4, -0.2) is 28.7 Å². The number of H-pyrrole nitrogens is 1. The zero-order valence-electron chi connectivity index (χ0n) is 15.7. The van der Waals surface area contributed by atoms with Crippen molar-refractivity contribution in [2.75, 3.05) is 0 Å². The highest BCUT2D eigenvalue weighted by atomic mass is 35.5. The number of aryl methyl sites for hydroxylation is 3. The van der Waals surface area contributed by atoms with E-state index < -0.39 is 0 Å². The van der Waals surface area contributed by atoms with Gasteiger partial charge in [-0.1, -0.05) is 20.3 Å². The maximum atomic E-state index is 13.1. The second kappa shape index (κ2) is 8.56. The van der Waals surface area contributed by atoms with Crippen LogP contribution in [0, 0.1) is 0 Å². The van der Waals surface area contributed by atoms with E-state index in [1.54, 1.807) is 21.7 Å². The molecule has 3 heterocycles. The van der Waals surface area contributed by atoms with E-state index in [1.165, 1.54) is 4.57 Å². The normalized spacial score (nSPS) is 11.5. The molecule has 1 N–H and O–H groups in total. The molecule has 0 fully saturated rings. The SMILES string of the molecule is CCCCn1c(=O)n(CCCc2cnc[nH]2)c(=O)c2c1nc(Cl)n2CCC. The average Bonchev–Trinajstić information content (AvgIpc) is 3.27. The molecule has 0 spiro atoms. The second-order valence-corrected chi connectivity index (χ2v) is 6.97. The maximum Gasteiger partial charge on any atom is 0.332 e. The topological polar surface area (TPSA) is 90.5 Å². The number of rotatable bonds is 9. The Bertz CT molecular complexity index is 1020. The van der Waals surface area contributed by atoms with Gasteiger partial charge in [0, 0.05) is 31.5 Å². The number of halogens is 1. The van der Waals surface area contributed by atoms with Crippen molar-refractivity contribution >= 4 is 22.8 Å². The van der Waals surface area contributed by atoms with E-state index in [9.17, 15) is 9.59 Å². The molecule has 0 atom stereocenters. The molecule has 0 aromatic carbocycles. The summed E-state index contributed by atoms with van der Waals surface area (Å²) < 4.78 is 4.62. The van der Waals surface area contributed by atoms with Crippen LogP contribution in [0.4, 0.5) is 0 Å². The molecule has 9 heteroatoms. The van der Waals surface area contributed by atoms with Crippen molar-refractivity contribution in [2.24, 2.45) is 0 Å². The summed E-state index contributed by atoms with van der Waals surface area (Å²) in [5, 5.41) is 0.254. The number of hydrogen-bond donors (Lipinski definition) is 1. The van der Waals surface area contributed by atoms with E-state index in [0.29, 0.717) is 43.6 Å². The first-order chi connectivity index (χ1) is 13.1. The van der Waals surface area contributed by atoms with Crippen LogP contribution < -0.4 is 11.2 Å². The van der Waals surface area contributed by atoms with E-state index in [2.05, 4.69) is 21.9 Å². The van der Waals surface area contributed by atoms with Gasteiger partial charge in [-0.25, -0.2) is 9.78 Å². The number of imidazole rings is 2. The van der Waals surface area contributed by atoms with Gasteiger partial charge in [0.1, 0.15) is 0 Å². The molecule has 3 rings (SSSR count). The molecule has 0 aliphatic carbocycles. The van der Waals surface area contributed by atoms with Crippen molar-refractivity contribution in [3.8, 4) is 0 Å². The number of nitrogens with one attached hydrogen (secondary N) is 1. The lowest BCUT2D eigenvalue weighted by molar-refractivity contribution is 0.530. The first kappa shape index (κ1) is 19.4. The fraction of sp³-hybridized carbons (Fsp3) is 0.556. The standard InChI is InChI=1S/C18H25ClN6O2/c1-3-5-9-24-15-14(23(8-4-2)17(19)22-15)16(26)25(18(24)27)10-6-7-13-11-20-12-21-13/h11-12H,3-10H2,1-2H3,(H,20,21). The van der Waals surface area contributed by atoms with Crippen molar-refractivity contribution in [1.29, 1.82) is 0 Å². The van der Waals surface area contributed by atoms with Crippen LogP contribution in [-0.2, 0) is 26.1 Å². The summed E-state index contributed by atoms with van der Waals surface area (Å²) in [7, 11) is 0. The van der Waals surface area contributed by atoms with Crippen molar-refractivity contribution in [3.05, 3.63) is 44.3 Å². The number of hydrogen-bond acceptors (Lipinski definition) is 4. The minimum Gasteiger partial charge on any atom is -0.348 e. The molecule has 0 saturated heterocycles. The molecule has 146 valence electrons. The van der Waals surface area contributed by atoms with Crippen LogP contribution in [0.1, 0.15) is 45.2 Å². The first-order valence-electron chi connectivity index (χ1n) is 9.45. The monoisotopic (exact) mass is 392 g/mol. The van der Waals surface area contributed by atoms with Crippen LogP contribution >= 0.6 is 11.6 Å². The molecule has 0 amide bonds. The summed E-state index contributed by atoms with van der Waals surface area (Å²) in [4.78, 5) is 37.4. The van der Waals surface area contributed by atoms with Crippen LogP contribution in [0.25, 0.3) is 11.2 Å². The fourth-order valence-electron chi connectivity index (χ4n) is 3.26. The number of fused-ring (bicyclic) bond motifs is 1. The molecule has 0 unspecified atom stereocenters. The lowest BCUT2D eigenvalue weighted by atomic mass is 10.2. The predicted octanol–water partition coefficient (Wildman–Crippen LogP) is 2.58. The Morgan fingerprint density at radius 2 is 1.81 bits per heavy atom. The minimum absolute atomic E-state index is 0.254. The van der Waals surface area contributed by atoms with Crippen molar-refractivity contribution in [3.63, 3.8) is 0 Å². The smallest absolute Gasteiger partial charge is 0.332 e. The Balaban J connectivity index is 2.06. The third kappa shape index (κ3) is 3.85. The van der Waals surface area contributed by atoms with E-state index in [4.69, 9.17) is 11.6 Å². The highest BCUT2D eigenvalue weighted by Gasteiger charge is 2.20. The third-order valence-electron chi connectivity index (χ3n) is 4.63. The van der Waals surface area contributed by atoms with Gasteiger partial charge < -0.3 is 9.55 Å². The van der Waals surface area contributed by atoms with Gasteiger partial charge in [-0.3, -0.25) is 13.9 Å². The van der Waals surface area contributed by atoms with Crippen molar-refractivity contribution < 1.29 is 0 Å².